The van der Waals surface area contributed by atoms with Crippen molar-refractivity contribution in [1.82, 2.24) is 0 Å². The Balaban J connectivity index is 2.16. The minimum absolute atomic E-state index is 0.00650. The second kappa shape index (κ2) is 4.83. The maximum Gasteiger partial charge on any atom is 0.232 e. The molecule has 1 N–H and O–H groups in total. The quantitative estimate of drug-likeness (QED) is 0.849. The fraction of sp³-hybridized carbons (Fsp3) is 0.562. The second-order valence-electron chi connectivity index (χ2n) is 6.82. The van der Waals surface area contributed by atoms with E-state index in [1.165, 1.54) is 0 Å². The lowest BCUT2D eigenvalue weighted by Gasteiger charge is -2.07. The van der Waals surface area contributed by atoms with Crippen LogP contribution in [0.15, 0.2) is 24.3 Å². The highest BCUT2D eigenvalue weighted by molar-refractivity contribution is 7.92. The van der Waals surface area contributed by atoms with Gasteiger partial charge in [0.1, 0.15) is 0 Å². The minimum Gasteiger partial charge on any atom is -0.294 e. The largest absolute Gasteiger partial charge is 0.294 e. The number of Topliss-reactive ketones (excluding diaryl/α,β-unsaturated/α-hetero) is 1. The van der Waals surface area contributed by atoms with Crippen LogP contribution in [-0.4, -0.2) is 20.0 Å². The zero-order chi connectivity index (χ0) is 16.1. The maximum atomic E-state index is 12.6. The molecule has 1 aromatic carbocycles. The first-order chi connectivity index (χ1) is 9.53. The number of nitrogens with one attached hydrogen (secondary N) is 1. The zero-order valence-corrected chi connectivity index (χ0v) is 14.0. The zero-order valence-electron chi connectivity index (χ0n) is 13.2. The summed E-state index contributed by atoms with van der Waals surface area (Å²) in [5, 5.41) is 0. The van der Waals surface area contributed by atoms with Gasteiger partial charge in [-0.25, -0.2) is 8.42 Å². The van der Waals surface area contributed by atoms with Gasteiger partial charge in [0.05, 0.1) is 5.75 Å². The van der Waals surface area contributed by atoms with Crippen LogP contribution in [0, 0.1) is 16.7 Å². The Morgan fingerprint density at radius 3 is 1.95 bits per heavy atom. The normalized spacial score (nSPS) is 20.0. The number of carbonyl (C=O) groups is 1. The van der Waals surface area contributed by atoms with Gasteiger partial charge in [0, 0.05) is 17.2 Å². The van der Waals surface area contributed by atoms with Crippen LogP contribution in [-0.2, 0) is 10.0 Å². The lowest BCUT2D eigenvalue weighted by atomic mass is 10.0. The van der Waals surface area contributed by atoms with E-state index in [9.17, 15) is 13.2 Å². The number of ketones is 1. The molecule has 0 saturated heterocycles. The summed E-state index contributed by atoms with van der Waals surface area (Å²) in [5.74, 6) is 0.177. The molecule has 1 fully saturated rings. The van der Waals surface area contributed by atoms with Gasteiger partial charge in [-0.2, -0.15) is 0 Å². The van der Waals surface area contributed by atoms with Gasteiger partial charge in [-0.15, -0.1) is 0 Å². The molecule has 116 valence electrons. The van der Waals surface area contributed by atoms with Crippen molar-refractivity contribution in [3.05, 3.63) is 29.8 Å². The third kappa shape index (κ3) is 2.71. The summed E-state index contributed by atoms with van der Waals surface area (Å²) in [7, 11) is -3.28. The highest BCUT2D eigenvalue weighted by atomic mass is 32.2. The minimum atomic E-state index is -3.28. The molecule has 1 aromatic rings. The van der Waals surface area contributed by atoms with E-state index in [2.05, 4.69) is 32.4 Å². The molecule has 0 aromatic heterocycles. The molecule has 0 atom stereocenters. The molecule has 2 rings (SSSR count). The summed E-state index contributed by atoms with van der Waals surface area (Å²) in [6.45, 7) is 10.0. The van der Waals surface area contributed by atoms with Gasteiger partial charge in [0.15, 0.2) is 5.78 Å². The monoisotopic (exact) mass is 309 g/mol. The number of benzene rings is 1. The molecule has 0 spiro atoms. The molecule has 0 heterocycles. The van der Waals surface area contributed by atoms with E-state index >= 15 is 0 Å². The lowest BCUT2D eigenvalue weighted by molar-refractivity contribution is 0.0945. The van der Waals surface area contributed by atoms with Gasteiger partial charge in [-0.3, -0.25) is 9.52 Å². The molecular weight excluding hydrogens is 286 g/mol. The number of rotatable bonds is 5. The molecule has 0 aliphatic heterocycles. The van der Waals surface area contributed by atoms with Crippen molar-refractivity contribution in [3.63, 3.8) is 0 Å². The van der Waals surface area contributed by atoms with Crippen LogP contribution >= 0.6 is 0 Å². The SMILES string of the molecule is CCS(=O)(=O)Nc1ccc(C(=O)C2C(C)(C)C2(C)C)cc1. The number of sulfonamides is 1. The average molecular weight is 309 g/mol. The molecule has 0 unspecified atom stereocenters. The van der Waals surface area contributed by atoms with Gasteiger partial charge >= 0.3 is 0 Å². The van der Waals surface area contributed by atoms with Crippen LogP contribution in [0.3, 0.4) is 0 Å². The van der Waals surface area contributed by atoms with Crippen LogP contribution in [0.4, 0.5) is 5.69 Å². The summed E-state index contributed by atoms with van der Waals surface area (Å²) in [6, 6.07) is 6.67. The molecule has 1 aliphatic rings. The molecular formula is C16H23NO3S. The third-order valence-corrected chi connectivity index (χ3v) is 6.41. The standard InChI is InChI=1S/C16H23NO3S/c1-6-21(19,20)17-12-9-7-11(8-10-12)13(18)14-15(2,3)16(14,4)5/h7-10,14,17H,6H2,1-5H3. The number of hydrogen-bond donors (Lipinski definition) is 1. The van der Waals surface area contributed by atoms with Crippen LogP contribution in [0.5, 0.6) is 0 Å². The van der Waals surface area contributed by atoms with E-state index in [4.69, 9.17) is 0 Å². The smallest absolute Gasteiger partial charge is 0.232 e. The molecule has 4 nitrogen and oxygen atoms in total. The maximum absolute atomic E-state index is 12.6. The van der Waals surface area contributed by atoms with Gasteiger partial charge in [0.2, 0.25) is 10.0 Å². The Hall–Kier alpha value is -1.36. The van der Waals surface area contributed by atoms with Crippen molar-refractivity contribution < 1.29 is 13.2 Å². The number of anilines is 1. The first kappa shape index (κ1) is 16.0. The van der Waals surface area contributed by atoms with Crippen LogP contribution in [0.25, 0.3) is 0 Å². The van der Waals surface area contributed by atoms with Crippen LogP contribution in [0.1, 0.15) is 45.0 Å². The van der Waals surface area contributed by atoms with E-state index in [1.807, 2.05) is 0 Å². The molecule has 1 saturated carbocycles. The van der Waals surface area contributed by atoms with E-state index < -0.39 is 10.0 Å². The van der Waals surface area contributed by atoms with Crippen molar-refractivity contribution in [2.45, 2.75) is 34.6 Å². The van der Waals surface area contributed by atoms with Gasteiger partial charge < -0.3 is 0 Å². The van der Waals surface area contributed by atoms with Gasteiger partial charge in [0.25, 0.3) is 0 Å². The number of carbonyl (C=O) groups excluding carboxylic acids is 1. The molecule has 0 radical (unpaired) electrons. The second-order valence-corrected chi connectivity index (χ2v) is 8.83. The Kier molecular flexibility index (Phi) is 3.69. The molecule has 5 heteroatoms. The molecule has 1 aliphatic carbocycles. The van der Waals surface area contributed by atoms with Crippen molar-refractivity contribution in [2.24, 2.45) is 16.7 Å². The Morgan fingerprint density at radius 2 is 1.57 bits per heavy atom. The Bertz CT molecular complexity index is 643. The molecule has 0 bridgehead atoms. The summed E-state index contributed by atoms with van der Waals surface area (Å²) in [6.07, 6.45) is 0. The predicted octanol–water partition coefficient (Wildman–Crippen LogP) is 3.31. The van der Waals surface area contributed by atoms with E-state index in [-0.39, 0.29) is 28.3 Å². The molecule has 0 amide bonds. The first-order valence-electron chi connectivity index (χ1n) is 7.17. The van der Waals surface area contributed by atoms with Crippen LogP contribution in [0.2, 0.25) is 0 Å². The van der Waals surface area contributed by atoms with Crippen molar-refractivity contribution in [1.29, 1.82) is 0 Å². The first-order valence-corrected chi connectivity index (χ1v) is 8.83. The lowest BCUT2D eigenvalue weighted by Crippen LogP contribution is -2.14. The molecule has 21 heavy (non-hydrogen) atoms. The summed E-state index contributed by atoms with van der Waals surface area (Å²) in [5.41, 5.74) is 1.14. The fourth-order valence-corrected chi connectivity index (χ4v) is 3.61. The third-order valence-electron chi connectivity index (χ3n) is 5.11. The van der Waals surface area contributed by atoms with E-state index in [0.717, 1.165) is 0 Å². The Morgan fingerprint density at radius 1 is 1.10 bits per heavy atom. The van der Waals surface area contributed by atoms with Gasteiger partial charge in [-0.05, 0) is 42.0 Å². The highest BCUT2D eigenvalue weighted by Gasteiger charge is 2.67. The van der Waals surface area contributed by atoms with E-state index in [0.29, 0.717) is 11.3 Å². The van der Waals surface area contributed by atoms with Crippen LogP contribution < -0.4 is 4.72 Å². The van der Waals surface area contributed by atoms with Crippen molar-refractivity contribution in [2.75, 3.05) is 10.5 Å². The average Bonchev–Trinajstić information content (AvgIpc) is 2.79. The van der Waals surface area contributed by atoms with Crippen molar-refractivity contribution in [3.8, 4) is 0 Å². The topological polar surface area (TPSA) is 63.2 Å². The fourth-order valence-electron chi connectivity index (χ4n) is 2.97. The van der Waals surface area contributed by atoms with Crippen molar-refractivity contribution >= 4 is 21.5 Å². The highest BCUT2D eigenvalue weighted by Crippen LogP contribution is 2.69. The van der Waals surface area contributed by atoms with E-state index in [1.54, 1.807) is 31.2 Å². The summed E-state index contributed by atoms with van der Waals surface area (Å²) < 4.78 is 25.5. The van der Waals surface area contributed by atoms with Gasteiger partial charge in [-0.1, -0.05) is 27.7 Å². The number of hydrogen-bond acceptors (Lipinski definition) is 3. The summed E-state index contributed by atoms with van der Waals surface area (Å²) in [4.78, 5) is 12.6. The summed E-state index contributed by atoms with van der Waals surface area (Å²) >= 11 is 0. The predicted molar refractivity (Wildman–Crippen MR) is 84.9 cm³/mol. The Labute approximate surface area is 127 Å².